The number of aromatic nitrogens is 2. The van der Waals surface area contributed by atoms with Crippen molar-refractivity contribution >= 4 is 35.2 Å². The zero-order chi connectivity index (χ0) is 18.7. The van der Waals surface area contributed by atoms with Gasteiger partial charge in [-0.2, -0.15) is 0 Å². The number of hydrogen-bond donors (Lipinski definition) is 1. The van der Waals surface area contributed by atoms with Crippen LogP contribution in [0.15, 0.2) is 32.7 Å². The smallest absolute Gasteiger partial charge is 0.342 e. The van der Waals surface area contributed by atoms with Crippen LogP contribution in [0.4, 0.5) is 11.4 Å². The highest BCUT2D eigenvalue weighted by atomic mass is 32.2. The number of anilines is 1. The number of carboxylic acid groups (broad SMARTS) is 1. The molecule has 0 unspecified atom stereocenters. The fourth-order valence-electron chi connectivity index (χ4n) is 2.71. The molecule has 2 heterocycles. The third kappa shape index (κ3) is 4.02. The average molecular weight is 376 g/mol. The molecule has 0 aliphatic carbocycles. The van der Waals surface area contributed by atoms with Gasteiger partial charge in [-0.3, -0.25) is 10.1 Å². The Labute approximate surface area is 152 Å². The molecule has 0 radical (unpaired) electrons. The van der Waals surface area contributed by atoms with E-state index in [4.69, 9.17) is 4.42 Å². The van der Waals surface area contributed by atoms with Gasteiger partial charge in [-0.1, -0.05) is 0 Å². The van der Waals surface area contributed by atoms with Crippen LogP contribution in [-0.2, 0) is 4.79 Å². The van der Waals surface area contributed by atoms with E-state index in [9.17, 15) is 20.0 Å². The van der Waals surface area contributed by atoms with Crippen LogP contribution in [0.5, 0.6) is 0 Å². The molecule has 3 rings (SSSR count). The standard InChI is InChI=1S/C16H16N4O5S/c1-10-17-18-16(25-10)26-14(15(21)22)9-11-8-12(20(23)24)4-5-13(11)19-6-2-3-7-19/h4-5,8-9H,2-3,6-7H2,1H3,(H,21,22)/b14-9+. The third-order valence-electron chi connectivity index (χ3n) is 3.87. The van der Waals surface area contributed by atoms with Gasteiger partial charge in [0.25, 0.3) is 10.9 Å². The Hall–Kier alpha value is -2.88. The number of carboxylic acids is 1. The number of nitrogens with zero attached hydrogens (tertiary/aromatic N) is 4. The molecule has 1 N–H and O–H groups in total. The summed E-state index contributed by atoms with van der Waals surface area (Å²) >= 11 is 0.811. The number of aliphatic carboxylic acids is 1. The number of carbonyl (C=O) groups is 1. The molecule has 26 heavy (non-hydrogen) atoms. The summed E-state index contributed by atoms with van der Waals surface area (Å²) in [5, 5.41) is 28.2. The van der Waals surface area contributed by atoms with Crippen LogP contribution >= 0.6 is 11.8 Å². The molecule has 1 aliphatic heterocycles. The molecule has 0 bridgehead atoms. The lowest BCUT2D eigenvalue weighted by Crippen LogP contribution is -2.18. The van der Waals surface area contributed by atoms with Gasteiger partial charge in [0.2, 0.25) is 5.89 Å². The largest absolute Gasteiger partial charge is 0.477 e. The zero-order valence-corrected chi connectivity index (χ0v) is 14.7. The maximum atomic E-state index is 11.6. The highest BCUT2D eigenvalue weighted by Crippen LogP contribution is 2.33. The first-order valence-corrected chi connectivity index (χ1v) is 8.72. The van der Waals surface area contributed by atoms with Crippen molar-refractivity contribution < 1.29 is 19.2 Å². The van der Waals surface area contributed by atoms with Gasteiger partial charge in [0, 0.05) is 43.4 Å². The van der Waals surface area contributed by atoms with E-state index >= 15 is 0 Å². The van der Waals surface area contributed by atoms with Crippen LogP contribution < -0.4 is 4.90 Å². The summed E-state index contributed by atoms with van der Waals surface area (Å²) in [6, 6.07) is 4.48. The van der Waals surface area contributed by atoms with Crippen molar-refractivity contribution in [2.75, 3.05) is 18.0 Å². The fraction of sp³-hybridized carbons (Fsp3) is 0.312. The van der Waals surface area contributed by atoms with Crippen molar-refractivity contribution in [3.05, 3.63) is 44.7 Å². The van der Waals surface area contributed by atoms with Crippen LogP contribution in [0.2, 0.25) is 0 Å². The maximum absolute atomic E-state index is 11.6. The van der Waals surface area contributed by atoms with E-state index in [2.05, 4.69) is 15.1 Å². The number of benzene rings is 1. The summed E-state index contributed by atoms with van der Waals surface area (Å²) in [7, 11) is 0. The first-order chi connectivity index (χ1) is 12.4. The minimum absolute atomic E-state index is 0.0606. The SMILES string of the molecule is Cc1nnc(S/C(=C/c2cc([N+](=O)[O-])ccc2N2CCCC2)C(=O)O)o1. The number of aryl methyl sites for hydroxylation is 1. The molecule has 1 aromatic carbocycles. The molecule has 136 valence electrons. The highest BCUT2D eigenvalue weighted by Gasteiger charge is 2.20. The van der Waals surface area contributed by atoms with Crippen molar-refractivity contribution in [2.24, 2.45) is 0 Å². The average Bonchev–Trinajstić information content (AvgIpc) is 3.26. The van der Waals surface area contributed by atoms with Gasteiger partial charge in [0.15, 0.2) is 0 Å². The van der Waals surface area contributed by atoms with E-state index < -0.39 is 10.9 Å². The van der Waals surface area contributed by atoms with Crippen molar-refractivity contribution in [3.63, 3.8) is 0 Å². The number of hydrogen-bond acceptors (Lipinski definition) is 8. The van der Waals surface area contributed by atoms with Crippen molar-refractivity contribution in [1.29, 1.82) is 0 Å². The summed E-state index contributed by atoms with van der Waals surface area (Å²) < 4.78 is 5.21. The van der Waals surface area contributed by atoms with E-state index in [1.54, 1.807) is 13.0 Å². The van der Waals surface area contributed by atoms with Gasteiger partial charge in [0.05, 0.1) is 4.92 Å². The van der Waals surface area contributed by atoms with E-state index in [1.807, 2.05) is 0 Å². The number of nitro groups is 1. The summed E-state index contributed by atoms with van der Waals surface area (Å²) in [5.41, 5.74) is 1.15. The molecular formula is C16H16N4O5S. The molecule has 9 nitrogen and oxygen atoms in total. The summed E-state index contributed by atoms with van der Waals surface area (Å²) in [6.45, 7) is 3.27. The molecule has 1 aliphatic rings. The van der Waals surface area contributed by atoms with E-state index in [-0.39, 0.29) is 15.8 Å². The molecule has 10 heteroatoms. The minimum Gasteiger partial charge on any atom is -0.477 e. The first-order valence-electron chi connectivity index (χ1n) is 7.90. The molecule has 1 saturated heterocycles. The quantitative estimate of drug-likeness (QED) is 0.350. The summed E-state index contributed by atoms with van der Waals surface area (Å²) in [6.07, 6.45) is 3.47. The number of nitro benzene ring substituents is 1. The summed E-state index contributed by atoms with van der Waals surface area (Å²) in [4.78, 5) is 24.3. The highest BCUT2D eigenvalue weighted by molar-refractivity contribution is 8.03. The second-order valence-corrected chi connectivity index (χ2v) is 6.69. The fourth-order valence-corrected chi connectivity index (χ4v) is 3.41. The number of non-ortho nitro benzene ring substituents is 1. The van der Waals surface area contributed by atoms with E-state index in [0.717, 1.165) is 43.4 Å². The van der Waals surface area contributed by atoms with Crippen LogP contribution in [0, 0.1) is 17.0 Å². The zero-order valence-electron chi connectivity index (χ0n) is 13.9. The molecule has 1 fully saturated rings. The van der Waals surface area contributed by atoms with Gasteiger partial charge >= 0.3 is 5.97 Å². The predicted octanol–water partition coefficient (Wildman–Crippen LogP) is 3.10. The van der Waals surface area contributed by atoms with Crippen LogP contribution in [-0.4, -0.2) is 39.3 Å². The molecule has 1 aromatic heterocycles. The van der Waals surface area contributed by atoms with Crippen molar-refractivity contribution in [3.8, 4) is 0 Å². The normalized spacial score (nSPS) is 14.7. The monoisotopic (exact) mass is 376 g/mol. The second-order valence-electron chi connectivity index (χ2n) is 5.70. The Morgan fingerprint density at radius 3 is 2.69 bits per heavy atom. The van der Waals surface area contributed by atoms with Crippen molar-refractivity contribution in [2.45, 2.75) is 25.0 Å². The summed E-state index contributed by atoms with van der Waals surface area (Å²) in [5.74, 6) is -0.852. The lowest BCUT2D eigenvalue weighted by atomic mass is 10.1. The Kier molecular flexibility index (Phi) is 5.21. The Morgan fingerprint density at radius 2 is 2.12 bits per heavy atom. The Bertz CT molecular complexity index is 873. The molecule has 2 aromatic rings. The van der Waals surface area contributed by atoms with Gasteiger partial charge < -0.3 is 14.4 Å². The topological polar surface area (TPSA) is 123 Å². The van der Waals surface area contributed by atoms with Gasteiger partial charge in [0.1, 0.15) is 4.91 Å². The molecule has 0 atom stereocenters. The molecule has 0 saturated carbocycles. The van der Waals surface area contributed by atoms with E-state index in [0.29, 0.717) is 11.5 Å². The molecular weight excluding hydrogens is 360 g/mol. The molecule has 0 spiro atoms. The predicted molar refractivity (Wildman–Crippen MR) is 95.0 cm³/mol. The third-order valence-corrected chi connectivity index (χ3v) is 4.72. The molecule has 0 amide bonds. The van der Waals surface area contributed by atoms with Gasteiger partial charge in [-0.25, -0.2) is 4.79 Å². The van der Waals surface area contributed by atoms with E-state index in [1.165, 1.54) is 18.2 Å². The van der Waals surface area contributed by atoms with Crippen molar-refractivity contribution in [1.82, 2.24) is 10.2 Å². The maximum Gasteiger partial charge on any atom is 0.342 e. The Morgan fingerprint density at radius 1 is 1.38 bits per heavy atom. The van der Waals surface area contributed by atoms with Crippen LogP contribution in [0.25, 0.3) is 6.08 Å². The van der Waals surface area contributed by atoms with Gasteiger partial charge in [-0.15, -0.1) is 10.2 Å². The van der Waals surface area contributed by atoms with Gasteiger partial charge in [-0.05, 0) is 36.7 Å². The lowest BCUT2D eigenvalue weighted by Gasteiger charge is -2.20. The number of thioether (sulfide) groups is 1. The second kappa shape index (κ2) is 7.56. The number of rotatable bonds is 6. The first kappa shape index (κ1) is 17.9. The lowest BCUT2D eigenvalue weighted by molar-refractivity contribution is -0.384. The minimum atomic E-state index is -1.18. The van der Waals surface area contributed by atoms with Crippen LogP contribution in [0.3, 0.4) is 0 Å². The Balaban J connectivity index is 2.02. The van der Waals surface area contributed by atoms with Crippen LogP contribution in [0.1, 0.15) is 24.3 Å².